The van der Waals surface area contributed by atoms with E-state index in [2.05, 4.69) is 18.6 Å². The highest BCUT2D eigenvalue weighted by atomic mass is 35.5. The maximum Gasteiger partial charge on any atom is 0.212 e. The largest absolute Gasteiger partial charge is 0.212 e. The van der Waals surface area contributed by atoms with Gasteiger partial charge in [0.2, 0.25) is 10.0 Å². The van der Waals surface area contributed by atoms with Crippen molar-refractivity contribution in [3.63, 3.8) is 0 Å². The molecule has 1 aromatic rings. The minimum atomic E-state index is -3.34. The average Bonchev–Trinajstić information content (AvgIpc) is 2.47. The zero-order valence-corrected chi connectivity index (χ0v) is 14.6. The van der Waals surface area contributed by atoms with Crippen LogP contribution < -0.4 is 4.72 Å². The van der Waals surface area contributed by atoms with E-state index < -0.39 is 10.0 Å². The third-order valence-electron chi connectivity index (χ3n) is 3.75. The van der Waals surface area contributed by atoms with Crippen molar-refractivity contribution in [2.24, 2.45) is 11.8 Å². The summed E-state index contributed by atoms with van der Waals surface area (Å²) in [4.78, 5) is 0. The maximum atomic E-state index is 12.4. The molecule has 21 heavy (non-hydrogen) atoms. The van der Waals surface area contributed by atoms with Crippen LogP contribution in [0.2, 0.25) is 0 Å². The predicted molar refractivity (Wildman–Crippen MR) is 90.1 cm³/mol. The van der Waals surface area contributed by atoms with Gasteiger partial charge >= 0.3 is 0 Å². The SMILES string of the molecule is CCC(CC)C(NS(=O)(=O)CC(C)CCl)c1ccccc1. The Labute approximate surface area is 134 Å². The summed E-state index contributed by atoms with van der Waals surface area (Å²) >= 11 is 5.74. The Bertz CT molecular complexity index is 500. The van der Waals surface area contributed by atoms with E-state index in [1.165, 1.54) is 0 Å². The van der Waals surface area contributed by atoms with Gasteiger partial charge in [-0.25, -0.2) is 13.1 Å². The molecule has 0 heterocycles. The predicted octanol–water partition coefficient (Wildman–Crippen LogP) is 3.96. The van der Waals surface area contributed by atoms with Crippen LogP contribution in [0.1, 0.15) is 45.2 Å². The summed E-state index contributed by atoms with van der Waals surface area (Å²) in [6.45, 7) is 6.04. The van der Waals surface area contributed by atoms with Crippen molar-refractivity contribution in [1.29, 1.82) is 0 Å². The van der Waals surface area contributed by atoms with E-state index in [1.807, 2.05) is 37.3 Å². The lowest BCUT2D eigenvalue weighted by Gasteiger charge is -2.27. The molecule has 1 rings (SSSR count). The summed E-state index contributed by atoms with van der Waals surface area (Å²) in [5.74, 6) is 0.651. The van der Waals surface area contributed by atoms with Crippen molar-refractivity contribution >= 4 is 21.6 Å². The Morgan fingerprint density at radius 1 is 1.14 bits per heavy atom. The number of benzene rings is 1. The zero-order valence-electron chi connectivity index (χ0n) is 13.0. The molecule has 120 valence electrons. The third kappa shape index (κ3) is 5.97. The minimum Gasteiger partial charge on any atom is -0.212 e. The van der Waals surface area contributed by atoms with E-state index in [9.17, 15) is 8.42 Å². The van der Waals surface area contributed by atoms with Gasteiger partial charge in [0.15, 0.2) is 0 Å². The van der Waals surface area contributed by atoms with Crippen LogP contribution in [0.25, 0.3) is 0 Å². The smallest absolute Gasteiger partial charge is 0.212 e. The highest BCUT2D eigenvalue weighted by Gasteiger charge is 2.26. The Kier molecular flexibility index (Phi) is 7.71. The van der Waals surface area contributed by atoms with Crippen LogP contribution in [0, 0.1) is 11.8 Å². The van der Waals surface area contributed by atoms with Gasteiger partial charge in [-0.1, -0.05) is 63.9 Å². The summed E-state index contributed by atoms with van der Waals surface area (Å²) in [7, 11) is -3.34. The van der Waals surface area contributed by atoms with Gasteiger partial charge in [0, 0.05) is 11.9 Å². The molecular weight excluding hydrogens is 306 g/mol. The van der Waals surface area contributed by atoms with Crippen molar-refractivity contribution in [3.05, 3.63) is 35.9 Å². The Morgan fingerprint density at radius 3 is 2.19 bits per heavy atom. The number of sulfonamides is 1. The van der Waals surface area contributed by atoms with E-state index in [1.54, 1.807) is 0 Å². The summed E-state index contributed by atoms with van der Waals surface area (Å²) < 4.78 is 27.6. The van der Waals surface area contributed by atoms with Gasteiger partial charge in [0.05, 0.1) is 5.75 Å². The monoisotopic (exact) mass is 331 g/mol. The van der Waals surface area contributed by atoms with Gasteiger partial charge in [0.1, 0.15) is 0 Å². The maximum absolute atomic E-state index is 12.4. The molecule has 0 aliphatic heterocycles. The minimum absolute atomic E-state index is 0.0534. The quantitative estimate of drug-likeness (QED) is 0.696. The topological polar surface area (TPSA) is 46.2 Å². The molecule has 2 atom stereocenters. The number of rotatable bonds is 9. The molecule has 0 aliphatic rings. The lowest BCUT2D eigenvalue weighted by Crippen LogP contribution is -2.36. The molecule has 5 heteroatoms. The summed E-state index contributed by atoms with van der Waals surface area (Å²) in [6, 6.07) is 9.62. The van der Waals surface area contributed by atoms with E-state index in [0.29, 0.717) is 5.88 Å². The van der Waals surface area contributed by atoms with Gasteiger partial charge in [-0.2, -0.15) is 0 Å². The highest BCUT2D eigenvalue weighted by molar-refractivity contribution is 7.89. The fourth-order valence-electron chi connectivity index (χ4n) is 2.52. The first-order valence-corrected chi connectivity index (χ1v) is 9.73. The van der Waals surface area contributed by atoms with E-state index in [-0.39, 0.29) is 23.6 Å². The second kappa shape index (κ2) is 8.76. The lowest BCUT2D eigenvalue weighted by atomic mass is 9.90. The molecular formula is C16H26ClNO2S. The van der Waals surface area contributed by atoms with Crippen LogP contribution in [0.15, 0.2) is 30.3 Å². The van der Waals surface area contributed by atoms with Crippen LogP contribution in [0.4, 0.5) is 0 Å². The Balaban J connectivity index is 2.98. The molecule has 0 bridgehead atoms. The third-order valence-corrected chi connectivity index (χ3v) is 5.90. The molecule has 0 fully saturated rings. The zero-order chi connectivity index (χ0) is 15.9. The molecule has 1 N–H and O–H groups in total. The van der Waals surface area contributed by atoms with Gasteiger partial charge in [-0.15, -0.1) is 11.6 Å². The van der Waals surface area contributed by atoms with Crippen molar-refractivity contribution in [2.45, 2.75) is 39.7 Å². The molecule has 0 radical (unpaired) electrons. The first-order valence-electron chi connectivity index (χ1n) is 7.54. The highest BCUT2D eigenvalue weighted by Crippen LogP contribution is 2.28. The molecule has 0 spiro atoms. The van der Waals surface area contributed by atoms with Crippen molar-refractivity contribution in [1.82, 2.24) is 4.72 Å². The number of hydrogen-bond acceptors (Lipinski definition) is 2. The van der Waals surface area contributed by atoms with Gasteiger partial charge in [-0.05, 0) is 17.4 Å². The standard InChI is InChI=1S/C16H26ClNO2S/c1-4-14(5-2)16(15-9-7-6-8-10-15)18-21(19,20)12-13(3)11-17/h6-10,13-14,16,18H,4-5,11-12H2,1-3H3. The molecule has 0 saturated carbocycles. The molecule has 0 aliphatic carbocycles. The molecule has 3 nitrogen and oxygen atoms in total. The fraction of sp³-hybridized carbons (Fsp3) is 0.625. The Hall–Kier alpha value is -0.580. The lowest BCUT2D eigenvalue weighted by molar-refractivity contribution is 0.377. The second-order valence-electron chi connectivity index (χ2n) is 5.62. The van der Waals surface area contributed by atoms with Crippen LogP contribution >= 0.6 is 11.6 Å². The number of alkyl halides is 1. The van der Waals surface area contributed by atoms with Gasteiger partial charge < -0.3 is 0 Å². The molecule has 2 unspecified atom stereocenters. The average molecular weight is 332 g/mol. The van der Waals surface area contributed by atoms with Crippen molar-refractivity contribution in [2.75, 3.05) is 11.6 Å². The summed E-state index contributed by atoms with van der Waals surface area (Å²) in [5, 5.41) is 0. The van der Waals surface area contributed by atoms with Gasteiger partial charge in [0.25, 0.3) is 0 Å². The first-order chi connectivity index (χ1) is 9.93. The van der Waals surface area contributed by atoms with Crippen LogP contribution in [-0.4, -0.2) is 20.1 Å². The number of hydrogen-bond donors (Lipinski definition) is 1. The first kappa shape index (κ1) is 18.5. The van der Waals surface area contributed by atoms with E-state index >= 15 is 0 Å². The summed E-state index contributed by atoms with van der Waals surface area (Å²) in [5.41, 5.74) is 1.02. The number of nitrogens with one attached hydrogen (secondary N) is 1. The van der Waals surface area contributed by atoms with Crippen molar-refractivity contribution < 1.29 is 8.42 Å². The van der Waals surface area contributed by atoms with E-state index in [4.69, 9.17) is 11.6 Å². The van der Waals surface area contributed by atoms with E-state index in [0.717, 1.165) is 18.4 Å². The number of halogens is 1. The van der Waals surface area contributed by atoms with Crippen LogP contribution in [0.5, 0.6) is 0 Å². The summed E-state index contributed by atoms with van der Waals surface area (Å²) in [6.07, 6.45) is 1.87. The second-order valence-corrected chi connectivity index (χ2v) is 7.73. The normalized spacial score (nSPS) is 15.1. The van der Waals surface area contributed by atoms with Crippen molar-refractivity contribution in [3.8, 4) is 0 Å². The van der Waals surface area contributed by atoms with Gasteiger partial charge in [-0.3, -0.25) is 0 Å². The Morgan fingerprint density at radius 2 is 1.71 bits per heavy atom. The van der Waals surface area contributed by atoms with Crippen LogP contribution in [-0.2, 0) is 10.0 Å². The molecule has 1 aromatic carbocycles. The molecule has 0 aromatic heterocycles. The van der Waals surface area contributed by atoms with Crippen LogP contribution in [0.3, 0.4) is 0 Å². The molecule has 0 amide bonds. The molecule has 0 saturated heterocycles. The fourth-order valence-corrected chi connectivity index (χ4v) is 4.43.